The Kier molecular flexibility index (Phi) is 7.84. The highest BCUT2D eigenvalue weighted by Gasteiger charge is 2.62. The average Bonchev–Trinajstić information content (AvgIpc) is 3.68. The Labute approximate surface area is 273 Å². The van der Waals surface area contributed by atoms with Crippen molar-refractivity contribution in [3.63, 3.8) is 0 Å². The van der Waals surface area contributed by atoms with Crippen molar-refractivity contribution in [2.24, 2.45) is 35.5 Å². The van der Waals surface area contributed by atoms with E-state index in [-0.39, 0.29) is 15.8 Å². The Morgan fingerprint density at radius 3 is 1.48 bits per heavy atom. The van der Waals surface area contributed by atoms with Gasteiger partial charge < -0.3 is 10.6 Å². The van der Waals surface area contributed by atoms with Crippen molar-refractivity contribution in [2.75, 3.05) is 26.2 Å². The zero-order valence-corrected chi connectivity index (χ0v) is 31.2. The van der Waals surface area contributed by atoms with E-state index in [1.165, 1.54) is 51.3 Å². The fourth-order valence-corrected chi connectivity index (χ4v) is 23.6. The van der Waals surface area contributed by atoms with Crippen LogP contribution in [0.2, 0.25) is 19.6 Å². The molecule has 0 spiro atoms. The standard InChI is InChI=1S/C39H62N2P2Si/c1-44(2,3)37-5-4-33(34(16-37)25-42(35-6-8-40-23-35)36-7-9-41-24-36)26-43(38-17-27-10-28(18-38)12-29(11-27)19-38)39-20-30-13-31(21-39)15-32(14-30)22-39/h4-5,16,27-32,35-36,40-41H,6-15,17-26H2,1-3H3. The predicted octanol–water partition coefficient (Wildman–Crippen LogP) is 8.86. The van der Waals surface area contributed by atoms with Crippen LogP contribution in [0.1, 0.15) is 101 Å². The van der Waals surface area contributed by atoms with Crippen molar-refractivity contribution in [1.82, 2.24) is 10.6 Å². The minimum atomic E-state index is -1.37. The van der Waals surface area contributed by atoms with E-state index in [2.05, 4.69) is 48.5 Å². The van der Waals surface area contributed by atoms with Gasteiger partial charge in [-0.3, -0.25) is 0 Å². The van der Waals surface area contributed by atoms with Gasteiger partial charge in [0.15, 0.2) is 0 Å². The Morgan fingerprint density at radius 2 is 1.09 bits per heavy atom. The van der Waals surface area contributed by atoms with Crippen LogP contribution < -0.4 is 15.8 Å². The first-order valence-corrected chi connectivity index (χ1v) is 26.0. The zero-order chi connectivity index (χ0) is 29.7. The molecule has 2 atom stereocenters. The molecule has 242 valence electrons. The first-order valence-electron chi connectivity index (χ1n) is 19.3. The van der Waals surface area contributed by atoms with E-state index >= 15 is 0 Å². The Bertz CT molecular complexity index is 1100. The van der Waals surface area contributed by atoms with Gasteiger partial charge in [-0.2, -0.15) is 0 Å². The van der Waals surface area contributed by atoms with E-state index in [4.69, 9.17) is 0 Å². The summed E-state index contributed by atoms with van der Waals surface area (Å²) < 4.78 is 0. The summed E-state index contributed by atoms with van der Waals surface area (Å²) in [6.07, 6.45) is 25.3. The molecule has 0 amide bonds. The molecule has 2 N–H and O–H groups in total. The van der Waals surface area contributed by atoms with Crippen molar-refractivity contribution in [2.45, 2.75) is 143 Å². The van der Waals surface area contributed by atoms with Crippen molar-refractivity contribution in [1.29, 1.82) is 0 Å². The topological polar surface area (TPSA) is 24.1 Å². The highest BCUT2D eigenvalue weighted by atomic mass is 31.1. The SMILES string of the molecule is C[Si](C)(C)c1ccc(CP(C23CC4CC(CC(C4)C2)C3)C23CC4CC(CC(C4)C2)C3)c(CP(C2CCNC2)C2CCNC2)c1. The van der Waals surface area contributed by atoms with Crippen molar-refractivity contribution < 1.29 is 0 Å². The predicted molar refractivity (Wildman–Crippen MR) is 195 cm³/mol. The lowest BCUT2D eigenvalue weighted by Gasteiger charge is -2.67. The minimum absolute atomic E-state index is 0.00933. The quantitative estimate of drug-likeness (QED) is 0.207. The lowest BCUT2D eigenvalue weighted by molar-refractivity contribution is 0.0184. The lowest BCUT2D eigenvalue weighted by atomic mass is 9.55. The highest BCUT2D eigenvalue weighted by molar-refractivity contribution is 7.60. The molecule has 2 unspecified atom stereocenters. The summed E-state index contributed by atoms with van der Waals surface area (Å²) in [4.78, 5) is 0. The number of hydrogen-bond donors (Lipinski definition) is 2. The molecule has 10 aliphatic rings. The van der Waals surface area contributed by atoms with Gasteiger partial charge in [0.1, 0.15) is 0 Å². The van der Waals surface area contributed by atoms with E-state index in [1.54, 1.807) is 82.2 Å². The van der Waals surface area contributed by atoms with Gasteiger partial charge in [0, 0.05) is 13.1 Å². The van der Waals surface area contributed by atoms with Gasteiger partial charge in [0.05, 0.1) is 8.07 Å². The molecule has 0 radical (unpaired) electrons. The Balaban J connectivity index is 1.12. The molecule has 0 aromatic heterocycles. The molecule has 8 aliphatic carbocycles. The fourth-order valence-electron chi connectivity index (χ4n) is 13.8. The Morgan fingerprint density at radius 1 is 0.636 bits per heavy atom. The molecular weight excluding hydrogens is 586 g/mol. The normalized spacial score (nSPS) is 45.3. The van der Waals surface area contributed by atoms with Crippen LogP contribution in [0.3, 0.4) is 0 Å². The van der Waals surface area contributed by atoms with Crippen molar-refractivity contribution in [3.05, 3.63) is 29.3 Å². The fraction of sp³-hybridized carbons (Fsp3) is 0.846. The number of rotatable bonds is 9. The maximum atomic E-state index is 3.80. The summed E-state index contributed by atoms with van der Waals surface area (Å²) in [5.41, 5.74) is 5.60. The molecule has 2 nitrogen and oxygen atoms in total. The third kappa shape index (κ3) is 5.40. The first kappa shape index (κ1) is 30.3. The second kappa shape index (κ2) is 11.4. The summed E-state index contributed by atoms with van der Waals surface area (Å²) >= 11 is 0. The summed E-state index contributed by atoms with van der Waals surface area (Å²) in [5, 5.41) is 10.8. The summed E-state index contributed by atoms with van der Waals surface area (Å²) in [5.74, 6) is 6.54. The monoisotopic (exact) mass is 648 g/mol. The molecule has 2 aliphatic heterocycles. The molecule has 2 saturated heterocycles. The molecule has 11 rings (SSSR count). The molecular formula is C39H62N2P2Si. The van der Waals surface area contributed by atoms with Crippen LogP contribution in [0, 0.1) is 35.5 Å². The van der Waals surface area contributed by atoms with Crippen LogP contribution in [0.25, 0.3) is 0 Å². The molecule has 1 aromatic rings. The molecule has 1 aromatic carbocycles. The molecule has 44 heavy (non-hydrogen) atoms. The van der Waals surface area contributed by atoms with Gasteiger partial charge in [0.25, 0.3) is 0 Å². The van der Waals surface area contributed by atoms with Gasteiger partial charge in [-0.15, -0.1) is 0 Å². The molecule has 8 saturated carbocycles. The molecule has 10 fully saturated rings. The molecule has 5 heteroatoms. The van der Waals surface area contributed by atoms with Crippen molar-refractivity contribution >= 4 is 29.1 Å². The van der Waals surface area contributed by atoms with Gasteiger partial charge in [-0.25, -0.2) is 0 Å². The maximum absolute atomic E-state index is 3.80. The van der Waals surface area contributed by atoms with E-state index in [0.717, 1.165) is 57.1 Å². The Hall–Kier alpha value is 0.217. The lowest BCUT2D eigenvalue weighted by Crippen LogP contribution is -2.56. The second-order valence-corrected chi connectivity index (χ2v) is 30.0. The van der Waals surface area contributed by atoms with E-state index < -0.39 is 8.07 Å². The van der Waals surface area contributed by atoms with Gasteiger partial charge in [-0.1, -0.05) is 58.9 Å². The van der Waals surface area contributed by atoms with Gasteiger partial charge in [-0.05, 0) is 184 Å². The largest absolute Gasteiger partial charge is 0.316 e. The molecule has 2 heterocycles. The van der Waals surface area contributed by atoms with Gasteiger partial charge in [0.2, 0.25) is 0 Å². The minimum Gasteiger partial charge on any atom is -0.316 e. The van der Waals surface area contributed by atoms with Crippen LogP contribution in [0.5, 0.6) is 0 Å². The van der Waals surface area contributed by atoms with Crippen LogP contribution in [0.15, 0.2) is 18.2 Å². The second-order valence-electron chi connectivity index (χ2n) is 19.1. The van der Waals surface area contributed by atoms with Crippen LogP contribution >= 0.6 is 15.8 Å². The molecule has 8 bridgehead atoms. The zero-order valence-electron chi connectivity index (χ0n) is 28.4. The van der Waals surface area contributed by atoms with E-state index in [9.17, 15) is 0 Å². The third-order valence-corrected chi connectivity index (χ3v) is 24.5. The summed E-state index contributed by atoms with van der Waals surface area (Å²) in [7, 11) is -1.34. The smallest absolute Gasteiger partial charge is 0.0776 e. The van der Waals surface area contributed by atoms with E-state index in [1.807, 2.05) is 11.1 Å². The van der Waals surface area contributed by atoms with Crippen LogP contribution in [0.4, 0.5) is 0 Å². The average molecular weight is 649 g/mol. The number of nitrogens with one attached hydrogen (secondary N) is 2. The maximum Gasteiger partial charge on any atom is 0.0776 e. The highest BCUT2D eigenvalue weighted by Crippen LogP contribution is 2.79. The number of hydrogen-bond acceptors (Lipinski definition) is 2. The van der Waals surface area contributed by atoms with Crippen molar-refractivity contribution in [3.8, 4) is 0 Å². The third-order valence-electron chi connectivity index (χ3n) is 14.9. The number of benzene rings is 1. The van der Waals surface area contributed by atoms with Gasteiger partial charge >= 0.3 is 0 Å². The summed E-state index contributed by atoms with van der Waals surface area (Å²) in [6.45, 7) is 12.9. The summed E-state index contributed by atoms with van der Waals surface area (Å²) in [6, 6.07) is 8.27. The first-order chi connectivity index (χ1) is 21.2. The van der Waals surface area contributed by atoms with E-state index in [0.29, 0.717) is 0 Å². The van der Waals surface area contributed by atoms with Crippen LogP contribution in [-0.2, 0) is 12.3 Å². The van der Waals surface area contributed by atoms with Crippen LogP contribution in [-0.4, -0.2) is 55.9 Å².